The topological polar surface area (TPSA) is 55.6 Å². The molecule has 2 N–H and O–H groups in total. The van der Waals surface area contributed by atoms with Crippen molar-refractivity contribution in [2.75, 3.05) is 26.3 Å². The Labute approximate surface area is 103 Å². The smallest absolute Gasteiger partial charge is 0.228 e. The molecule has 0 aromatic rings. The van der Waals surface area contributed by atoms with Gasteiger partial charge in [0.25, 0.3) is 0 Å². The lowest BCUT2D eigenvalue weighted by Crippen LogP contribution is -2.43. The van der Waals surface area contributed by atoms with Gasteiger partial charge < -0.3 is 15.4 Å². The zero-order valence-electron chi connectivity index (χ0n) is 10.6. The molecule has 2 fully saturated rings. The van der Waals surface area contributed by atoms with Gasteiger partial charge in [-0.1, -0.05) is 12.8 Å². The summed E-state index contributed by atoms with van der Waals surface area (Å²) in [5.41, 5.74) is 5.57. The van der Waals surface area contributed by atoms with Crippen molar-refractivity contribution in [3.8, 4) is 0 Å². The molecule has 0 aromatic carbocycles. The van der Waals surface area contributed by atoms with Crippen molar-refractivity contribution in [2.45, 2.75) is 44.6 Å². The summed E-state index contributed by atoms with van der Waals surface area (Å²) >= 11 is 0. The van der Waals surface area contributed by atoms with Crippen LogP contribution < -0.4 is 5.73 Å². The predicted octanol–water partition coefficient (Wildman–Crippen LogP) is 1.14. The normalized spacial score (nSPS) is 25.4. The summed E-state index contributed by atoms with van der Waals surface area (Å²) in [7, 11) is 0. The number of amides is 1. The maximum atomic E-state index is 12.4. The molecule has 1 saturated heterocycles. The lowest BCUT2D eigenvalue weighted by atomic mass is 10.0. The molecule has 1 aliphatic heterocycles. The molecule has 1 amide bonds. The minimum atomic E-state index is 0.105. The molecule has 98 valence electrons. The van der Waals surface area contributed by atoms with Crippen LogP contribution >= 0.6 is 0 Å². The summed E-state index contributed by atoms with van der Waals surface area (Å²) in [6.07, 6.45) is 6.67. The number of nitrogens with two attached hydrogens (primary N) is 1. The molecule has 0 spiro atoms. The minimum Gasteiger partial charge on any atom is -0.381 e. The molecule has 1 heterocycles. The van der Waals surface area contributed by atoms with Crippen molar-refractivity contribution in [1.82, 2.24) is 4.90 Å². The molecule has 17 heavy (non-hydrogen) atoms. The molecule has 0 aromatic heterocycles. The molecule has 1 atom stereocenters. The van der Waals surface area contributed by atoms with Crippen LogP contribution in [-0.4, -0.2) is 43.2 Å². The summed E-state index contributed by atoms with van der Waals surface area (Å²) in [6, 6.07) is 0.467. The third-order valence-electron chi connectivity index (χ3n) is 3.93. The largest absolute Gasteiger partial charge is 0.381 e. The van der Waals surface area contributed by atoms with Gasteiger partial charge >= 0.3 is 0 Å². The standard InChI is InChI=1S/C13H24N2O2/c14-7-3-8-15(12-4-1-2-5-12)13(16)11-6-9-17-10-11/h11-12H,1-10,14H2. The summed E-state index contributed by atoms with van der Waals surface area (Å²) in [5.74, 6) is 0.413. The zero-order valence-corrected chi connectivity index (χ0v) is 10.6. The second kappa shape index (κ2) is 6.36. The lowest BCUT2D eigenvalue weighted by Gasteiger charge is -2.31. The predicted molar refractivity (Wildman–Crippen MR) is 66.6 cm³/mol. The van der Waals surface area contributed by atoms with E-state index in [1.54, 1.807) is 0 Å². The molecule has 2 aliphatic rings. The number of ether oxygens (including phenoxy) is 1. The Hall–Kier alpha value is -0.610. The molecule has 0 radical (unpaired) electrons. The monoisotopic (exact) mass is 240 g/mol. The van der Waals surface area contributed by atoms with E-state index in [1.807, 2.05) is 0 Å². The van der Waals surface area contributed by atoms with Crippen LogP contribution in [0, 0.1) is 5.92 Å². The molecule has 1 saturated carbocycles. The van der Waals surface area contributed by atoms with Gasteiger partial charge in [-0.25, -0.2) is 0 Å². The van der Waals surface area contributed by atoms with Crippen LogP contribution in [0.15, 0.2) is 0 Å². The van der Waals surface area contributed by atoms with Crippen LogP contribution in [0.5, 0.6) is 0 Å². The Morgan fingerprint density at radius 1 is 1.29 bits per heavy atom. The zero-order chi connectivity index (χ0) is 12.1. The second-order valence-corrected chi connectivity index (χ2v) is 5.17. The fourth-order valence-electron chi connectivity index (χ4n) is 2.91. The van der Waals surface area contributed by atoms with Gasteiger partial charge in [0.15, 0.2) is 0 Å². The first-order valence-electron chi connectivity index (χ1n) is 6.91. The van der Waals surface area contributed by atoms with Gasteiger partial charge in [0.1, 0.15) is 0 Å². The van der Waals surface area contributed by atoms with Gasteiger partial charge in [-0.15, -0.1) is 0 Å². The number of nitrogens with zero attached hydrogens (tertiary/aromatic N) is 1. The Kier molecular flexibility index (Phi) is 4.80. The Morgan fingerprint density at radius 3 is 2.65 bits per heavy atom. The Morgan fingerprint density at radius 2 is 2.06 bits per heavy atom. The van der Waals surface area contributed by atoms with Crippen LogP contribution in [0.25, 0.3) is 0 Å². The van der Waals surface area contributed by atoms with E-state index in [4.69, 9.17) is 10.5 Å². The van der Waals surface area contributed by atoms with E-state index in [1.165, 1.54) is 25.7 Å². The fraction of sp³-hybridized carbons (Fsp3) is 0.923. The highest BCUT2D eigenvalue weighted by molar-refractivity contribution is 5.79. The first-order chi connectivity index (χ1) is 8.33. The first kappa shape index (κ1) is 12.8. The number of carbonyl (C=O) groups is 1. The second-order valence-electron chi connectivity index (χ2n) is 5.17. The molecule has 4 heteroatoms. The maximum Gasteiger partial charge on any atom is 0.228 e. The Bertz CT molecular complexity index is 246. The lowest BCUT2D eigenvalue weighted by molar-refractivity contribution is -0.137. The number of hydrogen-bond acceptors (Lipinski definition) is 3. The number of carbonyl (C=O) groups excluding carboxylic acids is 1. The van der Waals surface area contributed by atoms with E-state index >= 15 is 0 Å². The quantitative estimate of drug-likeness (QED) is 0.784. The molecule has 1 aliphatic carbocycles. The van der Waals surface area contributed by atoms with E-state index in [2.05, 4.69) is 4.90 Å². The number of rotatable bonds is 5. The molecular weight excluding hydrogens is 216 g/mol. The van der Waals surface area contributed by atoms with Crippen molar-refractivity contribution >= 4 is 5.91 Å². The molecular formula is C13H24N2O2. The highest BCUT2D eigenvalue weighted by atomic mass is 16.5. The van der Waals surface area contributed by atoms with Crippen LogP contribution in [0.3, 0.4) is 0 Å². The Balaban J connectivity index is 1.94. The van der Waals surface area contributed by atoms with E-state index < -0.39 is 0 Å². The SMILES string of the molecule is NCCCN(C(=O)C1CCOC1)C1CCCC1. The van der Waals surface area contributed by atoms with Crippen LogP contribution in [0.2, 0.25) is 0 Å². The fourth-order valence-corrected chi connectivity index (χ4v) is 2.91. The van der Waals surface area contributed by atoms with Crippen molar-refractivity contribution in [3.63, 3.8) is 0 Å². The summed E-state index contributed by atoms with van der Waals surface area (Å²) in [4.78, 5) is 14.5. The van der Waals surface area contributed by atoms with Gasteiger partial charge in [-0.2, -0.15) is 0 Å². The highest BCUT2D eigenvalue weighted by Gasteiger charge is 2.32. The van der Waals surface area contributed by atoms with E-state index in [0.29, 0.717) is 25.1 Å². The summed E-state index contributed by atoms with van der Waals surface area (Å²) < 4.78 is 5.32. The molecule has 1 unspecified atom stereocenters. The van der Waals surface area contributed by atoms with Crippen LogP contribution in [0.1, 0.15) is 38.5 Å². The highest BCUT2D eigenvalue weighted by Crippen LogP contribution is 2.26. The van der Waals surface area contributed by atoms with Crippen LogP contribution in [0.4, 0.5) is 0 Å². The molecule has 4 nitrogen and oxygen atoms in total. The average molecular weight is 240 g/mol. The molecule has 2 rings (SSSR count). The average Bonchev–Trinajstić information content (AvgIpc) is 3.02. The van der Waals surface area contributed by atoms with E-state index in [-0.39, 0.29) is 5.92 Å². The van der Waals surface area contributed by atoms with Crippen molar-refractivity contribution in [2.24, 2.45) is 11.7 Å². The van der Waals surface area contributed by atoms with Crippen molar-refractivity contribution in [3.05, 3.63) is 0 Å². The van der Waals surface area contributed by atoms with Gasteiger partial charge in [-0.05, 0) is 32.2 Å². The van der Waals surface area contributed by atoms with Gasteiger partial charge in [0.2, 0.25) is 5.91 Å². The van der Waals surface area contributed by atoms with E-state index in [9.17, 15) is 4.79 Å². The summed E-state index contributed by atoms with van der Waals surface area (Å²) in [6.45, 7) is 2.85. The molecule has 0 bridgehead atoms. The van der Waals surface area contributed by atoms with Crippen molar-refractivity contribution < 1.29 is 9.53 Å². The van der Waals surface area contributed by atoms with Crippen molar-refractivity contribution in [1.29, 1.82) is 0 Å². The first-order valence-corrected chi connectivity index (χ1v) is 6.91. The van der Waals surface area contributed by atoms with Crippen LogP contribution in [-0.2, 0) is 9.53 Å². The third kappa shape index (κ3) is 3.19. The minimum absolute atomic E-state index is 0.105. The maximum absolute atomic E-state index is 12.4. The van der Waals surface area contributed by atoms with Gasteiger partial charge in [0.05, 0.1) is 12.5 Å². The van der Waals surface area contributed by atoms with Gasteiger partial charge in [-0.3, -0.25) is 4.79 Å². The third-order valence-corrected chi connectivity index (χ3v) is 3.93. The summed E-state index contributed by atoms with van der Waals surface area (Å²) in [5, 5.41) is 0. The van der Waals surface area contributed by atoms with Gasteiger partial charge in [0, 0.05) is 19.2 Å². The number of hydrogen-bond donors (Lipinski definition) is 1. The van der Waals surface area contributed by atoms with E-state index in [0.717, 1.165) is 26.0 Å².